The molecule has 158 valence electrons. The maximum absolute atomic E-state index is 14.5. The molecule has 0 unspecified atom stereocenters. The average Bonchev–Trinajstić information content (AvgIpc) is 3.20. The number of nitrogens with zero attached hydrogens (tertiary/aromatic N) is 1. The molecule has 2 aromatic carbocycles. The summed E-state index contributed by atoms with van der Waals surface area (Å²) in [7, 11) is -2.24. The van der Waals surface area contributed by atoms with E-state index >= 15 is 0 Å². The van der Waals surface area contributed by atoms with Crippen LogP contribution in [0.3, 0.4) is 0 Å². The van der Waals surface area contributed by atoms with Gasteiger partial charge < -0.3 is 4.98 Å². The van der Waals surface area contributed by atoms with E-state index in [1.54, 1.807) is 24.4 Å². The lowest BCUT2D eigenvalue weighted by atomic mass is 9.99. The largest absolute Gasteiger partial charge is 0.345 e. The maximum Gasteiger partial charge on any atom is 0.240 e. The number of carbonyl (C=O) groups excluding carboxylic acids is 1. The number of benzene rings is 2. The van der Waals surface area contributed by atoms with Gasteiger partial charge in [-0.05, 0) is 49.4 Å². The second-order valence-electron chi connectivity index (χ2n) is 6.94. The van der Waals surface area contributed by atoms with Crippen LogP contribution in [-0.2, 0) is 10.0 Å². The van der Waals surface area contributed by atoms with Crippen LogP contribution in [0.4, 0.5) is 8.78 Å². The maximum atomic E-state index is 14.5. The van der Waals surface area contributed by atoms with Gasteiger partial charge in [0, 0.05) is 28.9 Å². The minimum atomic E-state index is -3.57. The summed E-state index contributed by atoms with van der Waals surface area (Å²) < 4.78 is 54.7. The molecule has 2 aromatic heterocycles. The first-order chi connectivity index (χ1) is 14.7. The highest BCUT2D eigenvalue weighted by molar-refractivity contribution is 7.89. The lowest BCUT2D eigenvalue weighted by Crippen LogP contribution is -2.18. The molecule has 0 saturated heterocycles. The molecule has 2 heterocycles. The van der Waals surface area contributed by atoms with E-state index in [0.29, 0.717) is 22.2 Å². The molecule has 0 aliphatic carbocycles. The first-order valence-corrected chi connectivity index (χ1v) is 10.7. The second-order valence-corrected chi connectivity index (χ2v) is 8.82. The van der Waals surface area contributed by atoms with Gasteiger partial charge in [-0.1, -0.05) is 18.2 Å². The summed E-state index contributed by atoms with van der Waals surface area (Å²) in [6.07, 6.45) is 2.93. The number of aromatic amines is 1. The SMILES string of the molecule is CNS(=O)(=O)c1ccc(-c2cnc3[nH]cc(C(=O)c4c(F)ccc(C)c4F)c3c2)cc1. The summed E-state index contributed by atoms with van der Waals surface area (Å²) in [5, 5.41) is 0.398. The Bertz CT molecular complexity index is 1430. The number of halogens is 2. The van der Waals surface area contributed by atoms with Crippen molar-refractivity contribution in [1.82, 2.24) is 14.7 Å². The first-order valence-electron chi connectivity index (χ1n) is 9.23. The number of H-pyrrole nitrogens is 1. The molecule has 0 saturated carbocycles. The summed E-state index contributed by atoms with van der Waals surface area (Å²) in [5.41, 5.74) is 1.29. The molecule has 2 N–H and O–H groups in total. The number of nitrogens with one attached hydrogen (secondary N) is 2. The van der Waals surface area contributed by atoms with E-state index in [9.17, 15) is 22.0 Å². The van der Waals surface area contributed by atoms with E-state index in [0.717, 1.165) is 6.07 Å². The third-order valence-corrected chi connectivity index (χ3v) is 6.48. The van der Waals surface area contributed by atoms with Crippen LogP contribution in [-0.4, -0.2) is 31.2 Å². The van der Waals surface area contributed by atoms with Gasteiger partial charge in [0.25, 0.3) is 0 Å². The number of sulfonamides is 1. The lowest BCUT2D eigenvalue weighted by Gasteiger charge is -2.07. The molecular weight excluding hydrogens is 424 g/mol. The van der Waals surface area contributed by atoms with Crippen molar-refractivity contribution in [3.63, 3.8) is 0 Å². The zero-order valence-electron chi connectivity index (χ0n) is 16.5. The molecule has 0 fully saturated rings. The number of rotatable bonds is 5. The van der Waals surface area contributed by atoms with Gasteiger partial charge in [-0.3, -0.25) is 4.79 Å². The number of hydrogen-bond donors (Lipinski definition) is 2. The molecule has 0 amide bonds. The minimum absolute atomic E-state index is 0.0853. The molecule has 31 heavy (non-hydrogen) atoms. The molecule has 0 aliphatic rings. The Labute approximate surface area is 177 Å². The summed E-state index contributed by atoms with van der Waals surface area (Å²) >= 11 is 0. The van der Waals surface area contributed by atoms with Gasteiger partial charge in [0.15, 0.2) is 0 Å². The van der Waals surface area contributed by atoms with Gasteiger partial charge >= 0.3 is 0 Å². The van der Waals surface area contributed by atoms with Crippen molar-refractivity contribution in [3.05, 3.63) is 83.2 Å². The third kappa shape index (κ3) is 3.62. The van der Waals surface area contributed by atoms with Gasteiger partial charge in [0.2, 0.25) is 15.8 Å². The highest BCUT2D eigenvalue weighted by Gasteiger charge is 2.23. The topological polar surface area (TPSA) is 91.9 Å². The molecule has 6 nitrogen and oxygen atoms in total. The molecule has 0 atom stereocenters. The fourth-order valence-electron chi connectivity index (χ4n) is 3.29. The Morgan fingerprint density at radius 2 is 1.77 bits per heavy atom. The fourth-order valence-corrected chi connectivity index (χ4v) is 4.02. The van der Waals surface area contributed by atoms with Crippen LogP contribution in [0.15, 0.2) is 59.8 Å². The number of ketones is 1. The Balaban J connectivity index is 1.79. The number of hydrogen-bond acceptors (Lipinski definition) is 4. The lowest BCUT2D eigenvalue weighted by molar-refractivity contribution is 0.103. The van der Waals surface area contributed by atoms with E-state index in [1.807, 2.05) is 0 Å². The predicted octanol–water partition coefficient (Wildman–Crippen LogP) is 3.96. The zero-order chi connectivity index (χ0) is 22.3. The first kappa shape index (κ1) is 20.8. The average molecular weight is 441 g/mol. The minimum Gasteiger partial charge on any atom is -0.345 e. The Morgan fingerprint density at radius 3 is 2.45 bits per heavy atom. The summed E-state index contributed by atoms with van der Waals surface area (Å²) in [4.78, 5) is 20.2. The van der Waals surface area contributed by atoms with E-state index in [4.69, 9.17) is 0 Å². The number of carbonyl (C=O) groups is 1. The van der Waals surface area contributed by atoms with Crippen molar-refractivity contribution in [2.45, 2.75) is 11.8 Å². The van der Waals surface area contributed by atoms with Gasteiger partial charge in [-0.15, -0.1) is 0 Å². The molecule has 4 aromatic rings. The van der Waals surface area contributed by atoms with E-state index < -0.39 is 33.0 Å². The van der Waals surface area contributed by atoms with Crippen LogP contribution in [0.5, 0.6) is 0 Å². The van der Waals surface area contributed by atoms with E-state index in [-0.39, 0.29) is 16.0 Å². The standard InChI is InChI=1S/C22H17F2N3O3S/c1-12-3-8-18(23)19(20(12)24)21(28)17-11-27-22-16(17)9-14(10-26-22)13-4-6-15(7-5-13)31(29,30)25-2/h3-11,25H,1-2H3,(H,26,27). The van der Waals surface area contributed by atoms with Crippen LogP contribution in [0.1, 0.15) is 21.5 Å². The molecule has 0 bridgehead atoms. The molecule has 0 radical (unpaired) electrons. The second kappa shape index (κ2) is 7.68. The van der Waals surface area contributed by atoms with Crippen molar-refractivity contribution in [2.75, 3.05) is 7.05 Å². The zero-order valence-corrected chi connectivity index (χ0v) is 17.3. The summed E-state index contributed by atoms with van der Waals surface area (Å²) in [6.45, 7) is 1.46. The quantitative estimate of drug-likeness (QED) is 0.459. The van der Waals surface area contributed by atoms with E-state index in [1.165, 1.54) is 38.4 Å². The molecule has 4 rings (SSSR count). The summed E-state index contributed by atoms with van der Waals surface area (Å²) in [5.74, 6) is -2.63. The number of aryl methyl sites for hydroxylation is 1. The van der Waals surface area contributed by atoms with E-state index in [2.05, 4.69) is 14.7 Å². The fraction of sp³-hybridized carbons (Fsp3) is 0.0909. The molecule has 0 spiro atoms. The Morgan fingerprint density at radius 1 is 1.06 bits per heavy atom. The van der Waals surface area contributed by atoms with Gasteiger partial charge in [-0.25, -0.2) is 26.9 Å². The van der Waals surface area contributed by atoms with Crippen LogP contribution in [0, 0.1) is 18.6 Å². The van der Waals surface area contributed by atoms with Crippen molar-refractivity contribution in [1.29, 1.82) is 0 Å². The third-order valence-electron chi connectivity index (χ3n) is 5.05. The van der Waals surface area contributed by atoms with Crippen LogP contribution < -0.4 is 4.72 Å². The van der Waals surface area contributed by atoms with Crippen molar-refractivity contribution in [2.24, 2.45) is 0 Å². The van der Waals surface area contributed by atoms with Crippen LogP contribution >= 0.6 is 0 Å². The Hall–Kier alpha value is -3.43. The number of pyridine rings is 1. The molecular formula is C22H17F2N3O3S. The number of aromatic nitrogens is 2. The number of fused-ring (bicyclic) bond motifs is 1. The van der Waals surface area contributed by atoms with Crippen LogP contribution in [0.2, 0.25) is 0 Å². The highest BCUT2D eigenvalue weighted by Crippen LogP contribution is 2.28. The monoisotopic (exact) mass is 441 g/mol. The molecule has 0 aliphatic heterocycles. The van der Waals surface area contributed by atoms with Crippen molar-refractivity contribution < 1.29 is 22.0 Å². The molecule has 9 heteroatoms. The highest BCUT2D eigenvalue weighted by atomic mass is 32.2. The van der Waals surface area contributed by atoms with Gasteiger partial charge in [0.05, 0.1) is 10.5 Å². The van der Waals surface area contributed by atoms with Gasteiger partial charge in [0.1, 0.15) is 17.3 Å². The Kier molecular flexibility index (Phi) is 5.16. The van der Waals surface area contributed by atoms with Crippen molar-refractivity contribution in [3.8, 4) is 11.1 Å². The van der Waals surface area contributed by atoms with Gasteiger partial charge in [-0.2, -0.15) is 0 Å². The normalized spacial score (nSPS) is 11.7. The van der Waals surface area contributed by atoms with Crippen LogP contribution in [0.25, 0.3) is 22.2 Å². The summed E-state index contributed by atoms with van der Waals surface area (Å²) in [6, 6.07) is 10.1. The smallest absolute Gasteiger partial charge is 0.240 e. The van der Waals surface area contributed by atoms with Crippen molar-refractivity contribution >= 4 is 26.8 Å². The predicted molar refractivity (Wildman–Crippen MR) is 112 cm³/mol.